The van der Waals surface area contributed by atoms with E-state index in [4.69, 9.17) is 4.74 Å². The highest BCUT2D eigenvalue weighted by atomic mass is 16.6. The number of ketones is 1. The Labute approximate surface area is 159 Å². The van der Waals surface area contributed by atoms with E-state index in [9.17, 15) is 19.2 Å². The zero-order valence-corrected chi connectivity index (χ0v) is 16.0. The topological polar surface area (TPSA) is 92.8 Å². The maximum atomic E-state index is 12.4. The van der Waals surface area contributed by atoms with Gasteiger partial charge in [-0.15, -0.1) is 0 Å². The molecule has 1 atom stereocenters. The summed E-state index contributed by atoms with van der Waals surface area (Å²) in [5.41, 5.74) is 2.59. The molecular formula is C20H25N2O5. The molecule has 0 saturated carbocycles. The van der Waals surface area contributed by atoms with Gasteiger partial charge >= 0.3 is 5.97 Å². The zero-order valence-electron chi connectivity index (χ0n) is 16.0. The van der Waals surface area contributed by atoms with Crippen molar-refractivity contribution in [3.05, 3.63) is 42.0 Å². The van der Waals surface area contributed by atoms with E-state index in [1.165, 1.54) is 12.2 Å². The molecule has 145 valence electrons. The molecule has 1 aromatic carbocycles. The fourth-order valence-electron chi connectivity index (χ4n) is 2.09. The van der Waals surface area contributed by atoms with Crippen molar-refractivity contribution in [1.29, 1.82) is 0 Å². The van der Waals surface area contributed by atoms with Gasteiger partial charge in [-0.2, -0.15) is 0 Å². The van der Waals surface area contributed by atoms with Gasteiger partial charge in [-0.3, -0.25) is 24.2 Å². The molecule has 0 spiro atoms. The van der Waals surface area contributed by atoms with Crippen LogP contribution in [0.5, 0.6) is 0 Å². The first kappa shape index (κ1) is 22.2. The Balaban J connectivity index is 2.86. The van der Waals surface area contributed by atoms with Crippen LogP contribution in [-0.4, -0.2) is 47.1 Å². The van der Waals surface area contributed by atoms with Crippen LogP contribution in [0.1, 0.15) is 39.7 Å². The second-order valence-corrected chi connectivity index (χ2v) is 6.71. The van der Waals surface area contributed by atoms with E-state index >= 15 is 0 Å². The fraction of sp³-hybridized carbons (Fsp3) is 0.400. The monoisotopic (exact) mass is 373 g/mol. The summed E-state index contributed by atoms with van der Waals surface area (Å²) >= 11 is 0. The summed E-state index contributed by atoms with van der Waals surface area (Å²) < 4.78 is 5.14. The summed E-state index contributed by atoms with van der Waals surface area (Å²) in [4.78, 5) is 47.7. The third-order valence-corrected chi connectivity index (χ3v) is 3.26. The molecule has 7 nitrogen and oxygen atoms in total. The third-order valence-electron chi connectivity index (χ3n) is 3.26. The van der Waals surface area contributed by atoms with Crippen molar-refractivity contribution in [3.63, 3.8) is 0 Å². The molecule has 7 heteroatoms. The van der Waals surface area contributed by atoms with Crippen molar-refractivity contribution < 1.29 is 23.9 Å². The minimum absolute atomic E-state index is 0.0369. The van der Waals surface area contributed by atoms with Gasteiger partial charge in [0.25, 0.3) is 0 Å². The number of ether oxygens (including phenoxy) is 1. The highest BCUT2D eigenvalue weighted by molar-refractivity contribution is 6.08. The molecule has 0 aliphatic heterocycles. The Morgan fingerprint density at radius 3 is 2.37 bits per heavy atom. The summed E-state index contributed by atoms with van der Waals surface area (Å²) in [5.74, 6) is -1.77. The first-order valence-electron chi connectivity index (χ1n) is 8.60. The van der Waals surface area contributed by atoms with Crippen molar-refractivity contribution >= 4 is 30.0 Å². The van der Waals surface area contributed by atoms with Crippen molar-refractivity contribution in [3.8, 4) is 0 Å². The van der Waals surface area contributed by atoms with E-state index < -0.39 is 29.3 Å². The number of carbonyl (C=O) groups is 3. The third kappa shape index (κ3) is 7.96. The number of hydrogen-bond acceptors (Lipinski definition) is 6. The maximum Gasteiger partial charge on any atom is 0.322 e. The number of amides is 1. The minimum atomic E-state index is -1.50. The Hall–Kier alpha value is -2.80. The molecule has 1 rings (SSSR count). The average molecular weight is 373 g/mol. The molecule has 0 bridgehead atoms. The van der Waals surface area contributed by atoms with Crippen LogP contribution in [0.25, 0.3) is 6.08 Å². The Morgan fingerprint density at radius 1 is 1.22 bits per heavy atom. The van der Waals surface area contributed by atoms with Crippen LogP contribution in [0.2, 0.25) is 0 Å². The second-order valence-electron chi connectivity index (χ2n) is 6.71. The van der Waals surface area contributed by atoms with Crippen LogP contribution in [-0.2, 0) is 23.9 Å². The van der Waals surface area contributed by atoms with Gasteiger partial charge in [0.05, 0.1) is 0 Å². The fourth-order valence-corrected chi connectivity index (χ4v) is 2.09. The van der Waals surface area contributed by atoms with E-state index in [0.29, 0.717) is 0 Å². The molecule has 1 aromatic rings. The summed E-state index contributed by atoms with van der Waals surface area (Å²) in [6.07, 6.45) is 4.34. The Bertz CT molecular complexity index is 692. The first-order chi connectivity index (χ1) is 12.7. The number of rotatable bonds is 9. The molecule has 1 radical (unpaired) electrons. The molecule has 0 aromatic heterocycles. The molecule has 1 amide bonds. The predicted molar refractivity (Wildman–Crippen MR) is 101 cm³/mol. The van der Waals surface area contributed by atoms with Crippen LogP contribution in [0.4, 0.5) is 0 Å². The number of hydrogen-bond donors (Lipinski definition) is 1. The largest absolute Gasteiger partial charge is 0.459 e. The maximum absolute atomic E-state index is 12.4. The quantitative estimate of drug-likeness (QED) is 0.307. The van der Waals surface area contributed by atoms with Crippen LogP contribution in [0.15, 0.2) is 36.4 Å². The minimum Gasteiger partial charge on any atom is -0.459 e. The van der Waals surface area contributed by atoms with E-state index in [-0.39, 0.29) is 13.0 Å². The molecule has 0 fully saturated rings. The van der Waals surface area contributed by atoms with Crippen molar-refractivity contribution in [1.82, 2.24) is 10.4 Å². The summed E-state index contributed by atoms with van der Waals surface area (Å²) in [7, 11) is 0. The van der Waals surface area contributed by atoms with Crippen molar-refractivity contribution in [2.24, 2.45) is 0 Å². The highest BCUT2D eigenvalue weighted by Gasteiger charge is 2.29. The van der Waals surface area contributed by atoms with Gasteiger partial charge in [-0.05, 0) is 32.4 Å². The van der Waals surface area contributed by atoms with Gasteiger partial charge in [-0.1, -0.05) is 43.3 Å². The summed E-state index contributed by atoms with van der Waals surface area (Å²) in [5, 5.41) is 0.828. The van der Waals surface area contributed by atoms with E-state index in [0.717, 1.165) is 10.6 Å². The molecular weight excluding hydrogens is 348 g/mol. The number of hydrazine groups is 1. The summed E-state index contributed by atoms with van der Waals surface area (Å²) in [6, 6.07) is 7.53. The first-order valence-corrected chi connectivity index (χ1v) is 8.60. The lowest BCUT2D eigenvalue weighted by atomic mass is 10.1. The van der Waals surface area contributed by atoms with Gasteiger partial charge in [0.1, 0.15) is 12.1 Å². The lowest BCUT2D eigenvalue weighted by Gasteiger charge is -2.27. The number of benzene rings is 1. The number of nitrogens with zero attached hydrogens (tertiary/aromatic N) is 1. The van der Waals surface area contributed by atoms with Gasteiger partial charge in [-0.25, -0.2) is 5.43 Å². The average Bonchev–Trinajstić information content (AvgIpc) is 2.62. The normalized spacial score (nSPS) is 12.4. The van der Waals surface area contributed by atoms with Crippen LogP contribution in [0, 0.1) is 0 Å². The molecule has 27 heavy (non-hydrogen) atoms. The van der Waals surface area contributed by atoms with Crippen molar-refractivity contribution in [2.75, 3.05) is 6.54 Å². The van der Waals surface area contributed by atoms with Crippen molar-refractivity contribution in [2.45, 2.75) is 45.8 Å². The van der Waals surface area contributed by atoms with Crippen LogP contribution < -0.4 is 5.43 Å². The number of carbonyl (C=O) groups excluding carboxylic acids is 4. The molecule has 0 heterocycles. The van der Waals surface area contributed by atoms with E-state index in [2.05, 4.69) is 5.43 Å². The molecule has 0 aliphatic rings. The molecule has 0 aliphatic carbocycles. The molecule has 1 unspecified atom stereocenters. The smallest absolute Gasteiger partial charge is 0.322 e. The van der Waals surface area contributed by atoms with Crippen LogP contribution in [0.3, 0.4) is 0 Å². The van der Waals surface area contributed by atoms with E-state index in [1.54, 1.807) is 46.1 Å². The van der Waals surface area contributed by atoms with E-state index in [1.807, 2.05) is 18.2 Å². The van der Waals surface area contributed by atoms with Gasteiger partial charge in [0.2, 0.25) is 12.2 Å². The van der Waals surface area contributed by atoms with Gasteiger partial charge in [0.15, 0.2) is 11.8 Å². The zero-order chi connectivity index (χ0) is 20.4. The lowest BCUT2D eigenvalue weighted by Crippen LogP contribution is -2.54. The lowest BCUT2D eigenvalue weighted by molar-refractivity contribution is -0.156. The van der Waals surface area contributed by atoms with Gasteiger partial charge in [0, 0.05) is 6.42 Å². The van der Waals surface area contributed by atoms with Gasteiger partial charge < -0.3 is 4.74 Å². The standard InChI is InChI=1S/C20H25N2O5/c1-5-18(25)22(21-13-19(26)27-20(2,3)4)16(14-23)17(24)12-11-15-9-7-6-8-10-15/h6-12,16,21H,5,13H2,1-4H3. The predicted octanol–water partition coefficient (Wildman–Crippen LogP) is 1.83. The molecule has 0 saturated heterocycles. The number of esters is 1. The Kier molecular flexibility index (Phi) is 8.55. The second kappa shape index (κ2) is 10.4. The highest BCUT2D eigenvalue weighted by Crippen LogP contribution is 2.08. The SMILES string of the molecule is CCC(=O)N(NCC(=O)OC(C)(C)C)C([C]=O)C(=O)C=Cc1ccccc1. The Morgan fingerprint density at radius 2 is 1.85 bits per heavy atom. The number of nitrogens with one attached hydrogen (secondary N) is 1. The molecule has 1 N–H and O–H groups in total. The summed E-state index contributed by atoms with van der Waals surface area (Å²) in [6.45, 7) is 6.34. The van der Waals surface area contributed by atoms with Crippen LogP contribution >= 0.6 is 0 Å².